The van der Waals surface area contributed by atoms with Gasteiger partial charge in [0.1, 0.15) is 11.8 Å². The first-order valence-electron chi connectivity index (χ1n) is 12.9. The number of aliphatic hydroxyl groups excluding tert-OH is 2. The molecule has 0 spiro atoms. The Morgan fingerprint density at radius 3 is 2.70 bits per heavy atom. The zero-order valence-electron chi connectivity index (χ0n) is 21.8. The maximum atomic E-state index is 12.5. The maximum absolute atomic E-state index is 12.5. The Morgan fingerprint density at radius 2 is 2.00 bits per heavy atom. The monoisotopic (exact) mass is 616 g/mol. The van der Waals surface area contributed by atoms with Crippen LogP contribution in [0, 0.1) is 0 Å². The number of anilines is 1. The lowest BCUT2D eigenvalue weighted by atomic mass is 10.0. The predicted octanol–water partition coefficient (Wildman–Crippen LogP) is 2.10. The molecule has 12 nitrogen and oxygen atoms in total. The highest BCUT2D eigenvalue weighted by molar-refractivity contribution is 9.10. The number of hydrogen-bond donors (Lipinski definition) is 9. The van der Waals surface area contributed by atoms with Crippen LogP contribution in [0.15, 0.2) is 51.9 Å². The van der Waals surface area contributed by atoms with E-state index in [9.17, 15) is 30.0 Å². The number of phenols is 1. The molecule has 1 aromatic heterocycles. The maximum Gasteiger partial charge on any atom is 0.322 e. The van der Waals surface area contributed by atoms with Crippen molar-refractivity contribution >= 4 is 50.4 Å². The molecule has 4 unspecified atom stereocenters. The first-order chi connectivity index (χ1) is 19.1. The number of amides is 1. The number of fused-ring (bicyclic) bond motifs is 1. The summed E-state index contributed by atoms with van der Waals surface area (Å²) in [5, 5.41) is 52.6. The van der Waals surface area contributed by atoms with Crippen molar-refractivity contribution in [2.45, 2.75) is 44.1 Å². The number of H-pyrrole nitrogens is 1. The molecule has 1 aliphatic heterocycles. The Balaban J connectivity index is 1.29. The van der Waals surface area contributed by atoms with Gasteiger partial charge in [0.25, 0.3) is 0 Å². The number of carbonyl (C=O) groups excluding carboxylic acids is 1. The van der Waals surface area contributed by atoms with Crippen LogP contribution in [-0.4, -0.2) is 75.0 Å². The van der Waals surface area contributed by atoms with Crippen molar-refractivity contribution in [1.29, 1.82) is 0 Å². The van der Waals surface area contributed by atoms with Crippen molar-refractivity contribution < 1.29 is 30.0 Å². The second kappa shape index (κ2) is 13.1. The first kappa shape index (κ1) is 29.3. The molecule has 0 bridgehead atoms. The van der Waals surface area contributed by atoms with E-state index in [1.165, 1.54) is 12.1 Å². The van der Waals surface area contributed by atoms with Crippen LogP contribution in [0.1, 0.15) is 43.2 Å². The molecule has 40 heavy (non-hydrogen) atoms. The average molecular weight is 618 g/mol. The number of aromatic hydroxyl groups is 1. The first-order valence-corrected chi connectivity index (χ1v) is 13.7. The molecule has 214 valence electrons. The number of nitrogens with one attached hydrogen (secondary N) is 5. The van der Waals surface area contributed by atoms with Crippen LogP contribution >= 0.6 is 15.9 Å². The third-order valence-corrected chi connectivity index (χ3v) is 7.41. The molecule has 1 aliphatic rings. The Hall–Kier alpha value is -3.65. The average Bonchev–Trinajstić information content (AvgIpc) is 3.27. The van der Waals surface area contributed by atoms with Crippen molar-refractivity contribution in [2.24, 2.45) is 4.99 Å². The highest BCUT2D eigenvalue weighted by atomic mass is 79.9. The Morgan fingerprint density at radius 1 is 1.23 bits per heavy atom. The molecule has 4 atom stereocenters. The largest absolute Gasteiger partial charge is 0.508 e. The van der Waals surface area contributed by atoms with Gasteiger partial charge in [-0.15, -0.1) is 0 Å². The predicted molar refractivity (Wildman–Crippen MR) is 154 cm³/mol. The highest BCUT2D eigenvalue weighted by Crippen LogP contribution is 2.31. The van der Waals surface area contributed by atoms with Gasteiger partial charge in [0.15, 0.2) is 5.96 Å². The summed E-state index contributed by atoms with van der Waals surface area (Å²) in [4.78, 5) is 31.8. The quantitative estimate of drug-likeness (QED) is 0.155. The molecule has 2 aromatic carbocycles. The lowest BCUT2D eigenvalue weighted by molar-refractivity contribution is -0.139. The van der Waals surface area contributed by atoms with E-state index in [4.69, 9.17) is 0 Å². The zero-order valence-corrected chi connectivity index (χ0v) is 23.4. The summed E-state index contributed by atoms with van der Waals surface area (Å²) in [6, 6.07) is 10.8. The zero-order chi connectivity index (χ0) is 28.8. The SMILES string of the molecule is CC(NC(CNC(=O)CCC(O)c1cc(O)cc(NC2=NCC(O)CN2)c1)C(=O)O)c1[nH]c2ccccc2c1Br. The molecule has 1 amide bonds. The number of benzene rings is 2. The van der Waals surface area contributed by atoms with E-state index in [1.54, 1.807) is 6.07 Å². The summed E-state index contributed by atoms with van der Waals surface area (Å²) in [7, 11) is 0. The van der Waals surface area contributed by atoms with Gasteiger partial charge in [-0.1, -0.05) is 18.2 Å². The smallest absolute Gasteiger partial charge is 0.322 e. The minimum absolute atomic E-state index is 0.0544. The van der Waals surface area contributed by atoms with E-state index in [2.05, 4.69) is 47.2 Å². The number of aromatic amines is 1. The van der Waals surface area contributed by atoms with E-state index in [-0.39, 0.29) is 37.7 Å². The van der Waals surface area contributed by atoms with Crippen LogP contribution in [0.5, 0.6) is 5.75 Å². The lowest BCUT2D eigenvalue weighted by Gasteiger charge is -2.21. The lowest BCUT2D eigenvalue weighted by Crippen LogP contribution is -2.47. The van der Waals surface area contributed by atoms with Gasteiger partial charge >= 0.3 is 5.97 Å². The third kappa shape index (κ3) is 7.50. The molecule has 0 fully saturated rings. The number of carboxylic acid groups (broad SMARTS) is 1. The molecule has 3 aromatic rings. The molecule has 0 radical (unpaired) electrons. The minimum atomic E-state index is -1.11. The van der Waals surface area contributed by atoms with Gasteiger partial charge in [-0.25, -0.2) is 0 Å². The Kier molecular flexibility index (Phi) is 9.63. The van der Waals surface area contributed by atoms with Crippen molar-refractivity contribution in [1.82, 2.24) is 20.9 Å². The summed E-state index contributed by atoms with van der Waals surface area (Å²) in [5.74, 6) is -1.16. The summed E-state index contributed by atoms with van der Waals surface area (Å²) >= 11 is 3.58. The van der Waals surface area contributed by atoms with Gasteiger partial charge in [0, 0.05) is 58.4 Å². The van der Waals surface area contributed by atoms with Gasteiger partial charge in [-0.05, 0) is 53.0 Å². The molecule has 4 rings (SSSR count). The van der Waals surface area contributed by atoms with Crippen molar-refractivity contribution in [3.05, 3.63) is 58.2 Å². The fourth-order valence-corrected chi connectivity index (χ4v) is 5.21. The van der Waals surface area contributed by atoms with E-state index in [0.717, 1.165) is 21.1 Å². The van der Waals surface area contributed by atoms with Crippen molar-refractivity contribution in [3.63, 3.8) is 0 Å². The standard InChI is InChI=1S/C27H33BrN6O6/c1-14(25-24(28)19-4-2-3-5-20(19)34-25)32-21(26(39)40)13-29-23(38)7-6-22(37)15-8-16(10-17(35)9-15)33-27-30-11-18(36)12-31-27/h2-5,8-10,14,18,21-22,32,34-37H,6-7,11-13H2,1H3,(H,29,38)(H,39,40)(H2,30,31,33). The molecular weight excluding hydrogens is 584 g/mol. The number of halogens is 1. The Labute approximate surface area is 239 Å². The van der Waals surface area contributed by atoms with E-state index >= 15 is 0 Å². The minimum Gasteiger partial charge on any atom is -0.508 e. The number of para-hydroxylation sites is 1. The number of aliphatic imine (C=N–C) groups is 1. The summed E-state index contributed by atoms with van der Waals surface area (Å²) in [5.41, 5.74) is 2.60. The number of carboxylic acids is 1. The third-order valence-electron chi connectivity index (χ3n) is 6.55. The van der Waals surface area contributed by atoms with Gasteiger partial charge < -0.3 is 41.4 Å². The number of phenolic OH excluding ortho intramolecular Hbond substituents is 1. The van der Waals surface area contributed by atoms with E-state index < -0.39 is 30.1 Å². The Bertz CT molecular complexity index is 1400. The number of hydrogen-bond acceptors (Lipinski definition) is 9. The summed E-state index contributed by atoms with van der Waals surface area (Å²) in [6.07, 6.45) is -1.61. The van der Waals surface area contributed by atoms with Crippen molar-refractivity contribution in [2.75, 3.05) is 25.0 Å². The van der Waals surface area contributed by atoms with Gasteiger partial charge in [0.05, 0.1) is 18.8 Å². The fourth-order valence-electron chi connectivity index (χ4n) is 4.42. The van der Waals surface area contributed by atoms with E-state index in [0.29, 0.717) is 23.8 Å². The number of guanidine groups is 1. The molecule has 13 heteroatoms. The van der Waals surface area contributed by atoms with Gasteiger partial charge in [-0.2, -0.15) is 0 Å². The highest BCUT2D eigenvalue weighted by Gasteiger charge is 2.24. The number of β-amino-alcohol motifs (C(OH)–C–C–N with tert-alkyl or cyclic N) is 1. The number of aliphatic hydroxyl groups is 2. The topological polar surface area (TPSA) is 191 Å². The number of carbonyl (C=O) groups is 2. The van der Waals surface area contributed by atoms with Crippen LogP contribution in [0.4, 0.5) is 5.69 Å². The number of aromatic nitrogens is 1. The van der Waals surface area contributed by atoms with E-state index in [1.807, 2.05) is 31.2 Å². The van der Waals surface area contributed by atoms with Gasteiger partial charge in [0.2, 0.25) is 5.91 Å². The fraction of sp³-hybridized carbons (Fsp3) is 0.370. The van der Waals surface area contributed by atoms with Crippen LogP contribution in [-0.2, 0) is 9.59 Å². The number of aliphatic carboxylic acids is 1. The summed E-state index contributed by atoms with van der Waals surface area (Å²) < 4.78 is 0.845. The number of rotatable bonds is 11. The molecular formula is C27H33BrN6O6. The summed E-state index contributed by atoms with van der Waals surface area (Å²) in [6.45, 7) is 2.28. The van der Waals surface area contributed by atoms with Gasteiger partial charge in [-0.3, -0.25) is 19.9 Å². The molecule has 0 aliphatic carbocycles. The molecule has 2 heterocycles. The second-order valence-electron chi connectivity index (χ2n) is 9.70. The van der Waals surface area contributed by atoms with Crippen LogP contribution in [0.3, 0.4) is 0 Å². The van der Waals surface area contributed by atoms with Crippen LogP contribution < -0.4 is 21.3 Å². The van der Waals surface area contributed by atoms with Crippen LogP contribution in [0.2, 0.25) is 0 Å². The molecule has 0 saturated heterocycles. The second-order valence-corrected chi connectivity index (χ2v) is 10.5. The molecule has 9 N–H and O–H groups in total. The van der Waals surface area contributed by atoms with Crippen LogP contribution in [0.25, 0.3) is 10.9 Å². The molecule has 0 saturated carbocycles. The number of nitrogens with zero attached hydrogens (tertiary/aromatic N) is 1. The normalized spacial score (nSPS) is 17.4. The van der Waals surface area contributed by atoms with Crippen molar-refractivity contribution in [3.8, 4) is 5.75 Å².